The highest BCUT2D eigenvalue weighted by atomic mass is 79.9. The standard InChI is InChI=1S/C25H21BrClN3O2S2/c1-14-6-9-16(27)12-19(14)28-21(31)13-33-25-29-23-22(18-4-2-3-5-20(18)34-23)24(32)30(25)17-10-7-15(26)8-11-17/h6-12H,2-5,13H2,1H3,(H,28,31). The Labute approximate surface area is 218 Å². The molecule has 1 N–H and O–H groups in total. The molecule has 5 rings (SSSR count). The number of aromatic nitrogens is 2. The molecule has 0 saturated carbocycles. The van der Waals surface area contributed by atoms with Crippen LogP contribution in [0, 0.1) is 6.92 Å². The lowest BCUT2D eigenvalue weighted by molar-refractivity contribution is -0.113. The van der Waals surface area contributed by atoms with E-state index in [1.165, 1.54) is 16.6 Å². The first-order valence-electron chi connectivity index (χ1n) is 10.9. The van der Waals surface area contributed by atoms with Crippen molar-refractivity contribution in [3.63, 3.8) is 0 Å². The number of halogens is 2. The number of aryl methyl sites for hydroxylation is 3. The molecule has 2 aromatic heterocycles. The number of thiophene rings is 1. The maximum absolute atomic E-state index is 13.8. The third kappa shape index (κ3) is 4.69. The van der Waals surface area contributed by atoms with E-state index >= 15 is 0 Å². The van der Waals surface area contributed by atoms with E-state index in [4.69, 9.17) is 16.6 Å². The average Bonchev–Trinajstić information content (AvgIpc) is 3.20. The summed E-state index contributed by atoms with van der Waals surface area (Å²) in [6.45, 7) is 1.92. The second-order valence-corrected chi connectivity index (χ2v) is 11.6. The van der Waals surface area contributed by atoms with Crippen LogP contribution in [0.2, 0.25) is 5.02 Å². The Morgan fingerprint density at radius 2 is 1.97 bits per heavy atom. The molecule has 2 heterocycles. The van der Waals surface area contributed by atoms with Crippen LogP contribution in [0.25, 0.3) is 15.9 Å². The zero-order chi connectivity index (χ0) is 23.8. The van der Waals surface area contributed by atoms with Gasteiger partial charge in [-0.15, -0.1) is 11.3 Å². The second kappa shape index (κ2) is 9.85. The number of nitrogens with one attached hydrogen (secondary N) is 1. The van der Waals surface area contributed by atoms with Gasteiger partial charge in [0, 0.05) is 20.1 Å². The van der Waals surface area contributed by atoms with Crippen molar-refractivity contribution in [1.82, 2.24) is 9.55 Å². The van der Waals surface area contributed by atoms with Gasteiger partial charge in [-0.3, -0.25) is 14.2 Å². The minimum atomic E-state index is -0.183. The van der Waals surface area contributed by atoms with Crippen LogP contribution in [0.4, 0.5) is 5.69 Å². The molecule has 5 nitrogen and oxygen atoms in total. The summed E-state index contributed by atoms with van der Waals surface area (Å²) >= 11 is 12.4. The van der Waals surface area contributed by atoms with Gasteiger partial charge in [-0.2, -0.15) is 0 Å². The first-order chi connectivity index (χ1) is 16.4. The van der Waals surface area contributed by atoms with Gasteiger partial charge in [0.15, 0.2) is 5.16 Å². The van der Waals surface area contributed by atoms with Crippen LogP contribution < -0.4 is 10.9 Å². The Hall–Kier alpha value is -2.13. The Kier molecular flexibility index (Phi) is 6.84. The van der Waals surface area contributed by atoms with Crippen LogP contribution in [0.15, 0.2) is 56.9 Å². The van der Waals surface area contributed by atoms with Gasteiger partial charge in [-0.05, 0) is 80.1 Å². The molecule has 9 heteroatoms. The predicted molar refractivity (Wildman–Crippen MR) is 145 cm³/mol. The molecule has 34 heavy (non-hydrogen) atoms. The van der Waals surface area contributed by atoms with Crippen molar-refractivity contribution in [2.45, 2.75) is 37.8 Å². The van der Waals surface area contributed by atoms with Crippen LogP contribution in [0.3, 0.4) is 0 Å². The van der Waals surface area contributed by atoms with Gasteiger partial charge in [0.2, 0.25) is 5.91 Å². The zero-order valence-electron chi connectivity index (χ0n) is 18.4. The summed E-state index contributed by atoms with van der Waals surface area (Å²) in [6.07, 6.45) is 4.15. The van der Waals surface area contributed by atoms with Gasteiger partial charge < -0.3 is 5.32 Å². The largest absolute Gasteiger partial charge is 0.325 e. The zero-order valence-corrected chi connectivity index (χ0v) is 22.3. The van der Waals surface area contributed by atoms with Crippen LogP contribution in [0.5, 0.6) is 0 Å². The van der Waals surface area contributed by atoms with Crippen molar-refractivity contribution in [2.75, 3.05) is 11.1 Å². The second-order valence-electron chi connectivity index (χ2n) is 8.20. The van der Waals surface area contributed by atoms with Crippen molar-refractivity contribution >= 4 is 72.4 Å². The van der Waals surface area contributed by atoms with Gasteiger partial charge in [0.25, 0.3) is 5.56 Å². The van der Waals surface area contributed by atoms with Gasteiger partial charge in [0.05, 0.1) is 16.8 Å². The summed E-state index contributed by atoms with van der Waals surface area (Å²) in [5, 5.41) is 4.72. The lowest BCUT2D eigenvalue weighted by Crippen LogP contribution is -2.23. The Bertz CT molecular complexity index is 1460. The van der Waals surface area contributed by atoms with Crippen molar-refractivity contribution in [2.24, 2.45) is 0 Å². The van der Waals surface area contributed by atoms with Gasteiger partial charge in [0.1, 0.15) is 4.83 Å². The van der Waals surface area contributed by atoms with Crippen molar-refractivity contribution in [3.8, 4) is 5.69 Å². The molecule has 0 unspecified atom stereocenters. The number of fused-ring (bicyclic) bond motifs is 3. The number of carbonyl (C=O) groups is 1. The molecule has 4 aromatic rings. The normalized spacial score (nSPS) is 13.1. The maximum atomic E-state index is 13.8. The number of anilines is 1. The lowest BCUT2D eigenvalue weighted by Gasteiger charge is -2.14. The third-order valence-electron chi connectivity index (χ3n) is 5.85. The molecule has 1 amide bonds. The minimum Gasteiger partial charge on any atom is -0.325 e. The van der Waals surface area contributed by atoms with Crippen LogP contribution in [-0.4, -0.2) is 21.2 Å². The summed E-state index contributed by atoms with van der Waals surface area (Å²) in [5.41, 5.74) is 3.42. The van der Waals surface area contributed by atoms with Crippen LogP contribution in [0.1, 0.15) is 28.8 Å². The minimum absolute atomic E-state index is 0.0692. The van der Waals surface area contributed by atoms with Gasteiger partial charge in [-0.25, -0.2) is 4.98 Å². The molecular weight excluding hydrogens is 554 g/mol. The van der Waals surface area contributed by atoms with E-state index in [9.17, 15) is 9.59 Å². The van der Waals surface area contributed by atoms with Crippen LogP contribution >= 0.6 is 50.6 Å². The number of thioether (sulfide) groups is 1. The fourth-order valence-corrected chi connectivity index (χ4v) is 6.70. The first-order valence-corrected chi connectivity index (χ1v) is 13.9. The summed E-state index contributed by atoms with van der Waals surface area (Å²) in [7, 11) is 0. The first kappa shape index (κ1) is 23.6. The van der Waals surface area contributed by atoms with Gasteiger partial charge >= 0.3 is 0 Å². The van der Waals surface area contributed by atoms with E-state index in [2.05, 4.69) is 21.2 Å². The summed E-state index contributed by atoms with van der Waals surface area (Å²) < 4.78 is 2.57. The monoisotopic (exact) mass is 573 g/mol. The molecule has 0 radical (unpaired) electrons. The van der Waals surface area contributed by atoms with E-state index < -0.39 is 0 Å². The lowest BCUT2D eigenvalue weighted by atomic mass is 9.97. The number of benzene rings is 2. The number of amides is 1. The molecule has 174 valence electrons. The average molecular weight is 575 g/mol. The topological polar surface area (TPSA) is 64.0 Å². The maximum Gasteiger partial charge on any atom is 0.267 e. The van der Waals surface area contributed by atoms with Crippen LogP contribution in [-0.2, 0) is 17.6 Å². The van der Waals surface area contributed by atoms with E-state index in [0.717, 1.165) is 57.2 Å². The SMILES string of the molecule is Cc1ccc(Cl)cc1NC(=O)CSc1nc2sc3c(c2c(=O)n1-c1ccc(Br)cc1)CCCC3. The number of hydrogen-bond acceptors (Lipinski definition) is 5. The molecule has 0 atom stereocenters. The van der Waals surface area contributed by atoms with Crippen molar-refractivity contribution < 1.29 is 4.79 Å². The van der Waals surface area contributed by atoms with E-state index in [1.54, 1.807) is 28.0 Å². The highest BCUT2D eigenvalue weighted by molar-refractivity contribution is 9.10. The number of hydrogen-bond donors (Lipinski definition) is 1. The molecule has 1 aliphatic rings. The molecule has 0 bridgehead atoms. The number of nitrogens with zero attached hydrogens (tertiary/aromatic N) is 2. The highest BCUT2D eigenvalue weighted by Gasteiger charge is 2.23. The molecule has 0 spiro atoms. The van der Waals surface area contributed by atoms with E-state index in [0.29, 0.717) is 15.9 Å². The molecular formula is C25H21BrClN3O2S2. The summed E-state index contributed by atoms with van der Waals surface area (Å²) in [4.78, 5) is 33.4. The molecule has 0 saturated heterocycles. The molecule has 1 aliphatic carbocycles. The number of carbonyl (C=O) groups excluding carboxylic acids is 1. The predicted octanol–water partition coefficient (Wildman–Crippen LogP) is 6.78. The Morgan fingerprint density at radius 3 is 2.76 bits per heavy atom. The quantitative estimate of drug-likeness (QED) is 0.211. The van der Waals surface area contributed by atoms with Gasteiger partial charge in [-0.1, -0.05) is 45.4 Å². The smallest absolute Gasteiger partial charge is 0.267 e. The summed E-state index contributed by atoms with van der Waals surface area (Å²) in [5.74, 6) is -0.0662. The van der Waals surface area contributed by atoms with Crippen molar-refractivity contribution in [3.05, 3.63) is 78.3 Å². The Balaban J connectivity index is 1.52. The number of rotatable bonds is 5. The molecule has 0 fully saturated rings. The summed E-state index contributed by atoms with van der Waals surface area (Å²) in [6, 6.07) is 13.0. The highest BCUT2D eigenvalue weighted by Crippen LogP contribution is 2.35. The Morgan fingerprint density at radius 1 is 1.21 bits per heavy atom. The van der Waals surface area contributed by atoms with E-state index in [1.807, 2.05) is 37.3 Å². The van der Waals surface area contributed by atoms with Crippen molar-refractivity contribution in [1.29, 1.82) is 0 Å². The fourth-order valence-electron chi connectivity index (χ4n) is 4.15. The molecule has 2 aromatic carbocycles. The molecule has 0 aliphatic heterocycles. The fraction of sp³-hybridized carbons (Fsp3) is 0.240. The third-order valence-corrected chi connectivity index (χ3v) is 8.74. The van der Waals surface area contributed by atoms with E-state index in [-0.39, 0.29) is 17.2 Å².